The number of fused-ring (bicyclic) bond motifs is 1. The van der Waals surface area contributed by atoms with Gasteiger partial charge in [0, 0.05) is 34.9 Å². The van der Waals surface area contributed by atoms with Gasteiger partial charge in [-0.3, -0.25) is 4.79 Å². The third-order valence-electron chi connectivity index (χ3n) is 3.84. The number of aromatic nitrogens is 1. The zero-order valence-electron chi connectivity index (χ0n) is 12.5. The molecular weight excluding hydrogens is 274 g/mol. The molecule has 0 aliphatic rings. The molecule has 0 aliphatic carbocycles. The van der Waals surface area contributed by atoms with Crippen molar-refractivity contribution in [2.24, 2.45) is 0 Å². The number of H-pyrrole nitrogens is 1. The summed E-state index contributed by atoms with van der Waals surface area (Å²) in [5.74, 6) is 0.113. The van der Waals surface area contributed by atoms with Gasteiger partial charge < -0.3 is 16.0 Å². The number of Topliss-reactive ketones (excluding diaryl/α,β-unsaturated/α-hetero) is 1. The van der Waals surface area contributed by atoms with Crippen LogP contribution in [-0.2, 0) is 11.2 Å². The highest BCUT2D eigenvalue weighted by molar-refractivity contribution is 5.87. The van der Waals surface area contributed by atoms with Gasteiger partial charge in [-0.25, -0.2) is 0 Å². The molecule has 1 heterocycles. The van der Waals surface area contributed by atoms with Crippen LogP contribution in [0.5, 0.6) is 0 Å². The molecule has 1 aromatic heterocycles. The molecule has 1 unspecified atom stereocenters. The van der Waals surface area contributed by atoms with Crippen molar-refractivity contribution in [1.82, 2.24) is 4.98 Å². The Bertz CT molecular complexity index is 789. The molecule has 4 N–H and O–H groups in total. The number of hydrogen-bond donors (Lipinski definition) is 3. The van der Waals surface area contributed by atoms with Crippen LogP contribution in [0.3, 0.4) is 0 Å². The van der Waals surface area contributed by atoms with E-state index in [9.17, 15) is 4.79 Å². The van der Waals surface area contributed by atoms with Gasteiger partial charge in [0.05, 0.1) is 6.04 Å². The van der Waals surface area contributed by atoms with Gasteiger partial charge in [0.2, 0.25) is 0 Å². The first-order valence-corrected chi connectivity index (χ1v) is 7.31. The van der Waals surface area contributed by atoms with E-state index in [1.807, 2.05) is 48.7 Å². The average molecular weight is 293 g/mol. The number of para-hydroxylation sites is 1. The molecular formula is C18H19N3O. The monoisotopic (exact) mass is 293 g/mol. The van der Waals surface area contributed by atoms with Crippen LogP contribution in [0.15, 0.2) is 54.7 Å². The Morgan fingerprint density at radius 3 is 2.64 bits per heavy atom. The summed E-state index contributed by atoms with van der Waals surface area (Å²) in [5, 5.41) is 4.45. The first-order valence-electron chi connectivity index (χ1n) is 7.31. The van der Waals surface area contributed by atoms with Crippen LogP contribution in [0.4, 0.5) is 11.4 Å². The molecule has 4 heteroatoms. The number of nitrogens with one attached hydrogen (secondary N) is 2. The van der Waals surface area contributed by atoms with E-state index in [1.165, 1.54) is 0 Å². The second-order valence-corrected chi connectivity index (χ2v) is 5.49. The van der Waals surface area contributed by atoms with Crippen LogP contribution in [-0.4, -0.2) is 16.8 Å². The van der Waals surface area contributed by atoms with Gasteiger partial charge in [0.1, 0.15) is 0 Å². The maximum Gasteiger partial charge on any atom is 0.152 e. The third-order valence-corrected chi connectivity index (χ3v) is 3.84. The van der Waals surface area contributed by atoms with Crippen LogP contribution in [0.1, 0.15) is 12.5 Å². The summed E-state index contributed by atoms with van der Waals surface area (Å²) in [7, 11) is 0. The van der Waals surface area contributed by atoms with Gasteiger partial charge in [-0.1, -0.05) is 18.2 Å². The zero-order chi connectivity index (χ0) is 15.5. The zero-order valence-corrected chi connectivity index (χ0v) is 12.5. The van der Waals surface area contributed by atoms with Gasteiger partial charge in [0.25, 0.3) is 0 Å². The Balaban J connectivity index is 1.82. The molecule has 112 valence electrons. The number of nitrogens with two attached hydrogens (primary N) is 1. The van der Waals surface area contributed by atoms with Crippen molar-refractivity contribution in [3.8, 4) is 0 Å². The van der Waals surface area contributed by atoms with E-state index in [4.69, 9.17) is 5.73 Å². The number of ketones is 1. The fourth-order valence-corrected chi connectivity index (χ4v) is 2.60. The molecule has 3 rings (SSSR count). The van der Waals surface area contributed by atoms with E-state index in [0.717, 1.165) is 22.2 Å². The van der Waals surface area contributed by atoms with Crippen LogP contribution in [0, 0.1) is 0 Å². The normalized spacial score (nSPS) is 12.2. The van der Waals surface area contributed by atoms with E-state index in [0.29, 0.717) is 12.1 Å². The molecule has 0 bridgehead atoms. The largest absolute Gasteiger partial charge is 0.399 e. The Kier molecular flexibility index (Phi) is 3.83. The highest BCUT2D eigenvalue weighted by Gasteiger charge is 2.16. The molecule has 1 atom stereocenters. The summed E-state index contributed by atoms with van der Waals surface area (Å²) >= 11 is 0. The van der Waals surface area contributed by atoms with Crippen molar-refractivity contribution in [3.05, 3.63) is 60.3 Å². The molecule has 0 saturated heterocycles. The lowest BCUT2D eigenvalue weighted by Gasteiger charge is -2.17. The Morgan fingerprint density at radius 2 is 1.91 bits per heavy atom. The second-order valence-electron chi connectivity index (χ2n) is 5.49. The molecule has 0 spiro atoms. The van der Waals surface area contributed by atoms with Crippen molar-refractivity contribution in [2.45, 2.75) is 19.4 Å². The number of hydrogen-bond acceptors (Lipinski definition) is 3. The Labute approximate surface area is 129 Å². The average Bonchev–Trinajstić information content (AvgIpc) is 2.92. The van der Waals surface area contributed by atoms with Crippen molar-refractivity contribution < 1.29 is 4.79 Å². The number of rotatable bonds is 5. The van der Waals surface area contributed by atoms with E-state index >= 15 is 0 Å². The van der Waals surface area contributed by atoms with Crippen molar-refractivity contribution in [2.75, 3.05) is 11.1 Å². The summed E-state index contributed by atoms with van der Waals surface area (Å²) in [6, 6.07) is 15.3. The van der Waals surface area contributed by atoms with Gasteiger partial charge in [-0.2, -0.15) is 0 Å². The van der Waals surface area contributed by atoms with Crippen molar-refractivity contribution in [3.63, 3.8) is 0 Å². The topological polar surface area (TPSA) is 70.9 Å². The summed E-state index contributed by atoms with van der Waals surface area (Å²) < 4.78 is 0. The van der Waals surface area contributed by atoms with Crippen LogP contribution in [0.25, 0.3) is 10.9 Å². The number of benzene rings is 2. The van der Waals surface area contributed by atoms with Gasteiger partial charge in [-0.15, -0.1) is 0 Å². The first kappa shape index (κ1) is 14.2. The minimum absolute atomic E-state index is 0.113. The molecule has 0 radical (unpaired) electrons. The lowest BCUT2D eigenvalue weighted by atomic mass is 10.0. The minimum atomic E-state index is -0.261. The van der Waals surface area contributed by atoms with E-state index < -0.39 is 0 Å². The molecule has 0 fully saturated rings. The smallest absolute Gasteiger partial charge is 0.152 e. The van der Waals surface area contributed by atoms with Crippen LogP contribution >= 0.6 is 0 Å². The van der Waals surface area contributed by atoms with Crippen LogP contribution in [0.2, 0.25) is 0 Å². The Morgan fingerprint density at radius 1 is 1.18 bits per heavy atom. The summed E-state index contributed by atoms with van der Waals surface area (Å²) in [4.78, 5) is 15.2. The fraction of sp³-hybridized carbons (Fsp3) is 0.167. The van der Waals surface area contributed by atoms with Gasteiger partial charge in [0.15, 0.2) is 5.78 Å². The molecule has 0 amide bonds. The van der Waals surface area contributed by atoms with E-state index in [-0.39, 0.29) is 11.8 Å². The summed E-state index contributed by atoms with van der Waals surface area (Å²) in [6.07, 6.45) is 2.62. The minimum Gasteiger partial charge on any atom is -0.399 e. The number of aromatic amines is 1. The quantitative estimate of drug-likeness (QED) is 0.632. The van der Waals surface area contributed by atoms with Crippen molar-refractivity contribution >= 4 is 28.1 Å². The second kappa shape index (κ2) is 5.93. The highest BCUT2D eigenvalue weighted by atomic mass is 16.1. The third kappa shape index (κ3) is 2.96. The van der Waals surface area contributed by atoms with Crippen molar-refractivity contribution in [1.29, 1.82) is 0 Å². The number of nitrogen functional groups attached to an aromatic ring is 1. The molecule has 0 aliphatic heterocycles. The maximum atomic E-state index is 12.0. The SMILES string of the molecule is CC(=O)C(Cc1c[nH]c2ccccc12)Nc1ccc(N)cc1. The Hall–Kier alpha value is -2.75. The van der Waals surface area contributed by atoms with E-state index in [1.54, 1.807) is 6.92 Å². The fourth-order valence-electron chi connectivity index (χ4n) is 2.60. The molecule has 2 aromatic carbocycles. The number of carbonyl (C=O) groups excluding carboxylic acids is 1. The number of anilines is 2. The molecule has 22 heavy (non-hydrogen) atoms. The van der Waals surface area contributed by atoms with Gasteiger partial charge >= 0.3 is 0 Å². The predicted molar refractivity (Wildman–Crippen MR) is 90.9 cm³/mol. The molecule has 3 aromatic rings. The first-order chi connectivity index (χ1) is 10.6. The van der Waals surface area contributed by atoms with Crippen LogP contribution < -0.4 is 11.1 Å². The maximum absolute atomic E-state index is 12.0. The molecule has 0 saturated carbocycles. The number of carbonyl (C=O) groups is 1. The standard InChI is InChI=1S/C18H19N3O/c1-12(22)18(21-15-8-6-14(19)7-9-15)10-13-11-20-17-5-3-2-4-16(13)17/h2-9,11,18,20-21H,10,19H2,1H3. The predicted octanol–water partition coefficient (Wildman–Crippen LogP) is 3.36. The highest BCUT2D eigenvalue weighted by Crippen LogP contribution is 2.21. The summed E-state index contributed by atoms with van der Waals surface area (Å²) in [5.41, 5.74) is 9.53. The lowest BCUT2D eigenvalue weighted by molar-refractivity contribution is -0.117. The van der Waals surface area contributed by atoms with E-state index in [2.05, 4.69) is 16.4 Å². The van der Waals surface area contributed by atoms with Gasteiger partial charge in [-0.05, 0) is 42.8 Å². The lowest BCUT2D eigenvalue weighted by Crippen LogP contribution is -2.29. The molecule has 4 nitrogen and oxygen atoms in total. The summed E-state index contributed by atoms with van der Waals surface area (Å²) in [6.45, 7) is 1.61.